The number of fused-ring (bicyclic) bond motifs is 1. The summed E-state index contributed by atoms with van der Waals surface area (Å²) in [4.78, 5) is 0. The van der Waals surface area contributed by atoms with Crippen LogP contribution in [0.5, 0.6) is 0 Å². The molecule has 1 aliphatic heterocycles. The summed E-state index contributed by atoms with van der Waals surface area (Å²) in [5.74, 6) is -0.790. The Labute approximate surface area is 59.6 Å². The van der Waals surface area contributed by atoms with Gasteiger partial charge in [-0.1, -0.05) is 0 Å². The first-order valence-corrected chi connectivity index (χ1v) is 3.79. The Hall–Kier alpha value is -0.120. The fourth-order valence-electron chi connectivity index (χ4n) is 2.02. The highest BCUT2D eigenvalue weighted by atomic mass is 16.7. The molecule has 0 aromatic carbocycles. The van der Waals surface area contributed by atoms with Gasteiger partial charge in [-0.25, -0.2) is 0 Å². The first kappa shape index (κ1) is 6.58. The van der Waals surface area contributed by atoms with Gasteiger partial charge in [0.15, 0.2) is 12.1 Å². The third-order valence-electron chi connectivity index (χ3n) is 2.55. The van der Waals surface area contributed by atoms with Gasteiger partial charge in [0.2, 0.25) is 0 Å². The maximum Gasteiger partial charge on any atom is 0.171 e. The van der Waals surface area contributed by atoms with E-state index in [1.807, 2.05) is 0 Å². The molecule has 3 heteroatoms. The van der Waals surface area contributed by atoms with E-state index in [-0.39, 0.29) is 5.92 Å². The van der Waals surface area contributed by atoms with Crippen molar-refractivity contribution in [2.75, 3.05) is 0 Å². The zero-order valence-electron chi connectivity index (χ0n) is 5.79. The molecule has 58 valence electrons. The van der Waals surface area contributed by atoms with E-state index < -0.39 is 12.1 Å². The molecule has 0 aromatic rings. The highest BCUT2D eigenvalue weighted by molar-refractivity contribution is 4.89. The van der Waals surface area contributed by atoms with Crippen molar-refractivity contribution in [3.05, 3.63) is 0 Å². The van der Waals surface area contributed by atoms with E-state index in [0.29, 0.717) is 12.8 Å². The topological polar surface area (TPSA) is 49.7 Å². The Morgan fingerprint density at radius 2 is 2.30 bits per heavy atom. The second kappa shape index (κ2) is 1.94. The Balaban J connectivity index is 2.15. The van der Waals surface area contributed by atoms with Crippen molar-refractivity contribution in [2.24, 2.45) is 5.92 Å². The molecule has 0 aromatic heterocycles. The maximum absolute atomic E-state index is 9.62. The molecule has 0 bridgehead atoms. The van der Waals surface area contributed by atoms with Crippen molar-refractivity contribution in [1.29, 1.82) is 0 Å². The van der Waals surface area contributed by atoms with E-state index in [9.17, 15) is 5.11 Å². The molecular weight excluding hydrogens is 132 g/mol. The second-order valence-corrected chi connectivity index (χ2v) is 3.24. The van der Waals surface area contributed by atoms with Gasteiger partial charge in [0.05, 0.1) is 0 Å². The molecule has 1 saturated carbocycles. The molecule has 3 unspecified atom stereocenters. The van der Waals surface area contributed by atoms with Crippen molar-refractivity contribution in [3.8, 4) is 0 Å². The number of ether oxygens (including phenoxy) is 1. The van der Waals surface area contributed by atoms with Crippen molar-refractivity contribution in [2.45, 2.75) is 37.8 Å². The molecule has 2 N–H and O–H groups in total. The number of rotatable bonds is 0. The van der Waals surface area contributed by atoms with Gasteiger partial charge >= 0.3 is 0 Å². The van der Waals surface area contributed by atoms with E-state index in [2.05, 4.69) is 0 Å². The normalized spacial score (nSPS) is 53.4. The smallest absolute Gasteiger partial charge is 0.171 e. The standard InChI is InChI=1S/C7H12O3/c8-6-4-5-2-1-3-7(5,9)10-6/h5-6,8-9H,1-4H2. The minimum atomic E-state index is -0.973. The molecule has 3 atom stereocenters. The summed E-state index contributed by atoms with van der Waals surface area (Å²) in [5.41, 5.74) is 0. The molecular formula is C7H12O3. The lowest BCUT2D eigenvalue weighted by atomic mass is 10.0. The predicted octanol–water partition coefficient (Wildman–Crippen LogP) is 0.214. The first-order chi connectivity index (χ1) is 4.71. The molecule has 1 heterocycles. The van der Waals surface area contributed by atoms with Gasteiger partial charge in [-0.2, -0.15) is 0 Å². The molecule has 3 nitrogen and oxygen atoms in total. The lowest BCUT2D eigenvalue weighted by Gasteiger charge is -2.20. The molecule has 2 fully saturated rings. The van der Waals surface area contributed by atoms with E-state index in [4.69, 9.17) is 9.84 Å². The van der Waals surface area contributed by atoms with Crippen LogP contribution in [-0.4, -0.2) is 22.3 Å². The Bertz CT molecular complexity index is 148. The summed E-state index contributed by atoms with van der Waals surface area (Å²) < 4.78 is 4.98. The average Bonchev–Trinajstić information content (AvgIpc) is 2.20. The van der Waals surface area contributed by atoms with E-state index in [1.165, 1.54) is 0 Å². The van der Waals surface area contributed by atoms with Crippen molar-refractivity contribution in [1.82, 2.24) is 0 Å². The SMILES string of the molecule is OC1CC2CCCC2(O)O1. The van der Waals surface area contributed by atoms with Crippen LogP contribution < -0.4 is 0 Å². The van der Waals surface area contributed by atoms with Crippen LogP contribution in [-0.2, 0) is 4.74 Å². The summed E-state index contributed by atoms with van der Waals surface area (Å²) in [5, 5.41) is 18.6. The van der Waals surface area contributed by atoms with Gasteiger partial charge in [-0.15, -0.1) is 0 Å². The van der Waals surface area contributed by atoms with E-state index in [0.717, 1.165) is 12.8 Å². The largest absolute Gasteiger partial charge is 0.368 e. The van der Waals surface area contributed by atoms with Gasteiger partial charge in [0, 0.05) is 18.8 Å². The number of aliphatic hydroxyl groups is 2. The Kier molecular flexibility index (Phi) is 1.27. The molecule has 0 radical (unpaired) electrons. The van der Waals surface area contributed by atoms with Gasteiger partial charge in [0.1, 0.15) is 0 Å². The molecule has 2 aliphatic rings. The van der Waals surface area contributed by atoms with Crippen molar-refractivity contribution < 1.29 is 14.9 Å². The third kappa shape index (κ3) is 0.779. The van der Waals surface area contributed by atoms with Gasteiger partial charge in [0.25, 0.3) is 0 Å². The Morgan fingerprint density at radius 3 is 3.00 bits per heavy atom. The third-order valence-corrected chi connectivity index (χ3v) is 2.55. The van der Waals surface area contributed by atoms with Crippen LogP contribution in [0.2, 0.25) is 0 Å². The summed E-state index contributed by atoms with van der Waals surface area (Å²) in [6.07, 6.45) is 2.59. The van der Waals surface area contributed by atoms with Gasteiger partial charge in [-0.3, -0.25) is 0 Å². The minimum absolute atomic E-state index is 0.183. The van der Waals surface area contributed by atoms with Crippen LogP contribution in [0.25, 0.3) is 0 Å². The molecule has 0 spiro atoms. The first-order valence-electron chi connectivity index (χ1n) is 3.79. The molecule has 0 amide bonds. The quantitative estimate of drug-likeness (QED) is 0.511. The van der Waals surface area contributed by atoms with E-state index in [1.54, 1.807) is 0 Å². The fraction of sp³-hybridized carbons (Fsp3) is 1.00. The minimum Gasteiger partial charge on any atom is -0.368 e. The zero-order valence-corrected chi connectivity index (χ0v) is 5.79. The fourth-order valence-corrected chi connectivity index (χ4v) is 2.02. The summed E-state index contributed by atoms with van der Waals surface area (Å²) in [6.45, 7) is 0. The zero-order chi connectivity index (χ0) is 7.19. The molecule has 2 rings (SSSR count). The predicted molar refractivity (Wildman–Crippen MR) is 34.0 cm³/mol. The van der Waals surface area contributed by atoms with Crippen LogP contribution in [0.15, 0.2) is 0 Å². The van der Waals surface area contributed by atoms with Crippen LogP contribution in [0.4, 0.5) is 0 Å². The summed E-state index contributed by atoms with van der Waals surface area (Å²) in [6, 6.07) is 0. The van der Waals surface area contributed by atoms with Crippen LogP contribution in [0, 0.1) is 5.92 Å². The molecule has 1 aliphatic carbocycles. The van der Waals surface area contributed by atoms with Crippen molar-refractivity contribution in [3.63, 3.8) is 0 Å². The summed E-state index contributed by atoms with van der Waals surface area (Å²) >= 11 is 0. The Morgan fingerprint density at radius 1 is 1.50 bits per heavy atom. The number of hydrogen-bond donors (Lipinski definition) is 2. The molecule has 10 heavy (non-hydrogen) atoms. The lowest BCUT2D eigenvalue weighted by Crippen LogP contribution is -2.30. The lowest BCUT2D eigenvalue weighted by molar-refractivity contribution is -0.241. The number of hydrogen-bond acceptors (Lipinski definition) is 3. The van der Waals surface area contributed by atoms with Gasteiger partial charge < -0.3 is 14.9 Å². The van der Waals surface area contributed by atoms with Crippen molar-refractivity contribution >= 4 is 0 Å². The highest BCUT2D eigenvalue weighted by Gasteiger charge is 2.49. The van der Waals surface area contributed by atoms with Gasteiger partial charge in [-0.05, 0) is 12.8 Å². The average molecular weight is 144 g/mol. The molecule has 1 saturated heterocycles. The van der Waals surface area contributed by atoms with E-state index >= 15 is 0 Å². The van der Waals surface area contributed by atoms with Crippen LogP contribution >= 0.6 is 0 Å². The van der Waals surface area contributed by atoms with Crippen LogP contribution in [0.1, 0.15) is 25.7 Å². The second-order valence-electron chi connectivity index (χ2n) is 3.24. The highest BCUT2D eigenvalue weighted by Crippen LogP contribution is 2.45. The summed E-state index contributed by atoms with van der Waals surface area (Å²) in [7, 11) is 0. The maximum atomic E-state index is 9.62. The monoisotopic (exact) mass is 144 g/mol. The van der Waals surface area contributed by atoms with Crippen LogP contribution in [0.3, 0.4) is 0 Å². The number of aliphatic hydroxyl groups excluding tert-OH is 1.